The van der Waals surface area contributed by atoms with Crippen molar-refractivity contribution in [3.05, 3.63) is 251 Å². The van der Waals surface area contributed by atoms with Crippen LogP contribution in [0.3, 0.4) is 0 Å². The van der Waals surface area contributed by atoms with Gasteiger partial charge in [-0.15, -0.1) is 0 Å². The lowest BCUT2D eigenvalue weighted by Gasteiger charge is -2.31. The van der Waals surface area contributed by atoms with E-state index in [1.165, 1.54) is 123 Å². The fraction of sp³-hybridized carbons (Fsp3) is 0.171. The van der Waals surface area contributed by atoms with Gasteiger partial charge in [-0.25, -0.2) is 0 Å². The lowest BCUT2D eigenvalue weighted by molar-refractivity contribution is 0.639. The van der Waals surface area contributed by atoms with Gasteiger partial charge in [-0.05, 0) is 167 Å². The van der Waals surface area contributed by atoms with Gasteiger partial charge in [0.1, 0.15) is 0 Å². The van der Waals surface area contributed by atoms with Crippen LogP contribution in [-0.4, -0.2) is 0 Å². The van der Waals surface area contributed by atoms with Crippen molar-refractivity contribution in [2.24, 2.45) is 0 Å². The second-order valence-corrected chi connectivity index (χ2v) is 22.9. The molecule has 0 aromatic heterocycles. The lowest BCUT2D eigenvalue weighted by atomic mass is 9.77. The minimum Gasteiger partial charge on any atom is -0.310 e. The Bertz CT molecular complexity index is 3920. The van der Waals surface area contributed by atoms with Gasteiger partial charge in [0.2, 0.25) is 0 Å². The van der Waals surface area contributed by atoms with E-state index in [0.717, 1.165) is 11.4 Å². The standard InChI is InChI=1S/C70H58N2/c1-67(2)57-29-19-17-25-48(57)50-34-31-45(37-59(50)67)71(43-21-11-9-12-22-43)46-32-36-52-55-40-56-63(41-62(55)69(5,6)61(52)38-46)70(7,8)64-42-65(53-27-15-16-28-54(53)66(56)64)72(44-23-13-10-14-24-44)47-33-35-51-49-26-18-20-30-58(49)68(3,4)60(51)39-47/h9-42H,1-8H3. The first-order valence-corrected chi connectivity index (χ1v) is 25.8. The summed E-state index contributed by atoms with van der Waals surface area (Å²) >= 11 is 0. The van der Waals surface area contributed by atoms with Gasteiger partial charge in [-0.2, -0.15) is 0 Å². The van der Waals surface area contributed by atoms with Crippen LogP contribution in [-0.2, 0) is 21.7 Å². The molecule has 0 heterocycles. The topological polar surface area (TPSA) is 6.48 Å². The highest BCUT2D eigenvalue weighted by molar-refractivity contribution is 6.11. The second-order valence-electron chi connectivity index (χ2n) is 22.9. The van der Waals surface area contributed by atoms with Gasteiger partial charge in [0.05, 0.1) is 5.69 Å². The molecule has 4 aliphatic rings. The van der Waals surface area contributed by atoms with Gasteiger partial charge in [-0.3, -0.25) is 0 Å². The highest BCUT2D eigenvalue weighted by Gasteiger charge is 2.44. The number of para-hydroxylation sites is 2. The summed E-state index contributed by atoms with van der Waals surface area (Å²) in [6.07, 6.45) is 0. The summed E-state index contributed by atoms with van der Waals surface area (Å²) in [6, 6.07) is 78.1. The molecule has 2 nitrogen and oxygen atoms in total. The van der Waals surface area contributed by atoms with Crippen LogP contribution in [0.5, 0.6) is 0 Å². The molecule has 4 aliphatic carbocycles. The number of hydrogen-bond donors (Lipinski definition) is 0. The molecule has 14 rings (SSSR count). The van der Waals surface area contributed by atoms with Crippen molar-refractivity contribution >= 4 is 44.9 Å². The Hall–Kier alpha value is -7.94. The molecule has 348 valence electrons. The molecule has 0 radical (unpaired) electrons. The number of hydrogen-bond acceptors (Lipinski definition) is 2. The lowest BCUT2D eigenvalue weighted by Crippen LogP contribution is -2.20. The fourth-order valence-electron chi connectivity index (χ4n) is 13.8. The summed E-state index contributed by atoms with van der Waals surface area (Å²) in [5.74, 6) is 0. The Morgan fingerprint density at radius 1 is 0.236 bits per heavy atom. The molecule has 10 aromatic carbocycles. The van der Waals surface area contributed by atoms with Crippen LogP contribution in [0.25, 0.3) is 55.3 Å². The highest BCUT2D eigenvalue weighted by Crippen LogP contribution is 2.60. The number of anilines is 6. The van der Waals surface area contributed by atoms with Crippen molar-refractivity contribution in [1.29, 1.82) is 0 Å². The quantitative estimate of drug-likeness (QED) is 0.164. The number of rotatable bonds is 6. The van der Waals surface area contributed by atoms with Crippen molar-refractivity contribution < 1.29 is 0 Å². The molecule has 72 heavy (non-hydrogen) atoms. The molecule has 0 saturated heterocycles. The zero-order valence-electron chi connectivity index (χ0n) is 42.5. The molecule has 0 unspecified atom stereocenters. The predicted molar refractivity (Wildman–Crippen MR) is 304 cm³/mol. The van der Waals surface area contributed by atoms with Crippen molar-refractivity contribution in [2.75, 3.05) is 9.80 Å². The van der Waals surface area contributed by atoms with Crippen LogP contribution in [0, 0.1) is 0 Å². The zero-order chi connectivity index (χ0) is 49.1. The van der Waals surface area contributed by atoms with Crippen LogP contribution >= 0.6 is 0 Å². The normalized spacial score (nSPS) is 15.9. The minimum absolute atomic E-state index is 0.0972. The van der Waals surface area contributed by atoms with Crippen molar-refractivity contribution in [2.45, 2.75) is 77.0 Å². The maximum Gasteiger partial charge on any atom is 0.0543 e. The average molecular weight is 927 g/mol. The highest BCUT2D eigenvalue weighted by atomic mass is 15.1. The first-order valence-electron chi connectivity index (χ1n) is 25.8. The summed E-state index contributed by atoms with van der Waals surface area (Å²) in [5.41, 5.74) is 28.1. The van der Waals surface area contributed by atoms with E-state index in [2.05, 4.69) is 271 Å². The van der Waals surface area contributed by atoms with E-state index < -0.39 is 0 Å². The smallest absolute Gasteiger partial charge is 0.0543 e. The monoisotopic (exact) mass is 926 g/mol. The third-order valence-corrected chi connectivity index (χ3v) is 17.6. The largest absolute Gasteiger partial charge is 0.310 e. The maximum absolute atomic E-state index is 2.59. The summed E-state index contributed by atoms with van der Waals surface area (Å²) in [5, 5.41) is 2.54. The van der Waals surface area contributed by atoms with Gasteiger partial charge >= 0.3 is 0 Å². The molecule has 10 aromatic rings. The van der Waals surface area contributed by atoms with Crippen molar-refractivity contribution in [1.82, 2.24) is 0 Å². The SMILES string of the molecule is CC1(C)c2ccccc2-c2ccc(N(c3ccccc3)c3ccc4c(c3)C(C)(C)c3cc5c(cc3-4)-c3c(cc(N(c4ccccc4)c4ccc6c(c4)C(C)(C)c4ccccc4-6)c4ccccc34)C5(C)C)cc21. The molecule has 0 bridgehead atoms. The summed E-state index contributed by atoms with van der Waals surface area (Å²) in [6.45, 7) is 19.3. The summed E-state index contributed by atoms with van der Waals surface area (Å²) in [7, 11) is 0. The Balaban J connectivity index is 0.910. The first-order chi connectivity index (χ1) is 34.7. The van der Waals surface area contributed by atoms with Gasteiger partial charge in [0.15, 0.2) is 0 Å². The van der Waals surface area contributed by atoms with Crippen LogP contribution in [0.15, 0.2) is 206 Å². The molecule has 0 aliphatic heterocycles. The van der Waals surface area contributed by atoms with Crippen LogP contribution in [0.4, 0.5) is 34.1 Å². The average Bonchev–Trinajstić information content (AvgIpc) is 3.96. The number of nitrogens with zero attached hydrogens (tertiary/aromatic N) is 2. The van der Waals surface area contributed by atoms with Crippen molar-refractivity contribution in [3.8, 4) is 44.5 Å². The molecule has 0 saturated carbocycles. The molecule has 0 N–H and O–H groups in total. The van der Waals surface area contributed by atoms with E-state index in [1.807, 2.05) is 0 Å². The van der Waals surface area contributed by atoms with Gasteiger partial charge in [-0.1, -0.05) is 189 Å². The molecular formula is C70H58N2. The summed E-state index contributed by atoms with van der Waals surface area (Å²) in [4.78, 5) is 4.97. The van der Waals surface area contributed by atoms with Crippen LogP contribution in [0.2, 0.25) is 0 Å². The van der Waals surface area contributed by atoms with Crippen LogP contribution in [0.1, 0.15) is 99.9 Å². The third kappa shape index (κ3) is 5.78. The number of benzene rings is 10. The zero-order valence-corrected chi connectivity index (χ0v) is 42.5. The van der Waals surface area contributed by atoms with Gasteiger partial charge < -0.3 is 9.80 Å². The maximum atomic E-state index is 2.59. The molecule has 0 amide bonds. The number of fused-ring (bicyclic) bond motifs is 14. The third-order valence-electron chi connectivity index (χ3n) is 17.6. The Kier molecular flexibility index (Phi) is 8.82. The Morgan fingerprint density at radius 2 is 0.611 bits per heavy atom. The summed E-state index contributed by atoms with van der Waals surface area (Å²) < 4.78 is 0. The van der Waals surface area contributed by atoms with Gasteiger partial charge in [0, 0.05) is 55.5 Å². The van der Waals surface area contributed by atoms with E-state index in [1.54, 1.807) is 0 Å². The Labute approximate surface area is 424 Å². The van der Waals surface area contributed by atoms with E-state index in [9.17, 15) is 0 Å². The molecule has 0 atom stereocenters. The molecular weight excluding hydrogens is 869 g/mol. The van der Waals surface area contributed by atoms with E-state index in [-0.39, 0.29) is 21.7 Å². The van der Waals surface area contributed by atoms with Crippen LogP contribution < -0.4 is 9.80 Å². The van der Waals surface area contributed by atoms with E-state index in [4.69, 9.17) is 0 Å². The van der Waals surface area contributed by atoms with E-state index in [0.29, 0.717) is 0 Å². The van der Waals surface area contributed by atoms with Crippen molar-refractivity contribution in [3.63, 3.8) is 0 Å². The first kappa shape index (κ1) is 42.9. The van der Waals surface area contributed by atoms with Gasteiger partial charge in [0.25, 0.3) is 0 Å². The molecule has 0 fully saturated rings. The minimum atomic E-state index is -0.260. The van der Waals surface area contributed by atoms with E-state index >= 15 is 0 Å². The molecule has 0 spiro atoms. The fourth-order valence-corrected chi connectivity index (χ4v) is 13.8. The molecule has 2 heteroatoms. The predicted octanol–water partition coefficient (Wildman–Crippen LogP) is 19.0. The Morgan fingerprint density at radius 3 is 1.15 bits per heavy atom. The second kappa shape index (κ2) is 14.8.